The van der Waals surface area contributed by atoms with Crippen LogP contribution in [0, 0.1) is 6.92 Å². The molecule has 0 atom stereocenters. The molecule has 4 nitrogen and oxygen atoms in total. The fraction of sp³-hybridized carbons (Fsp3) is 0.400. The van der Waals surface area contributed by atoms with Crippen LogP contribution in [0.5, 0.6) is 11.5 Å². The summed E-state index contributed by atoms with van der Waals surface area (Å²) in [5.74, 6) is 0.746. The van der Waals surface area contributed by atoms with E-state index in [1.807, 2.05) is 0 Å². The Hall–Kier alpha value is -0.460. The highest BCUT2D eigenvalue weighted by molar-refractivity contribution is 9.10. The molecule has 0 spiro atoms. The number of fused-ring (bicyclic) bond motifs is 1. The third kappa shape index (κ3) is 2.86. The second-order valence-electron chi connectivity index (χ2n) is 3.67. The van der Waals surface area contributed by atoms with Gasteiger partial charge in [0.1, 0.15) is 13.2 Å². The van der Waals surface area contributed by atoms with Crippen molar-refractivity contribution < 1.29 is 17.9 Å². The first kappa shape index (κ1) is 13.0. The maximum absolute atomic E-state index is 11.2. The van der Waals surface area contributed by atoms with Crippen LogP contribution in [0.3, 0.4) is 0 Å². The molecule has 1 aromatic carbocycles. The Morgan fingerprint density at radius 2 is 2.06 bits per heavy atom. The van der Waals surface area contributed by atoms with Gasteiger partial charge in [-0.15, -0.1) is 0 Å². The third-order valence-corrected chi connectivity index (χ3v) is 4.26. The first-order valence-electron chi connectivity index (χ1n) is 4.88. The molecule has 7 heteroatoms. The molecule has 0 amide bonds. The molecule has 0 unspecified atom stereocenters. The minimum atomic E-state index is -3.63. The predicted octanol–water partition coefficient (Wildman–Crippen LogP) is 2.60. The zero-order valence-corrected chi connectivity index (χ0v) is 12.2. The van der Waals surface area contributed by atoms with Gasteiger partial charge < -0.3 is 9.47 Å². The summed E-state index contributed by atoms with van der Waals surface area (Å²) in [6.45, 7) is 2.67. The lowest BCUT2D eigenvalue weighted by molar-refractivity contribution is 0.170. The summed E-state index contributed by atoms with van der Waals surface area (Å²) in [6, 6.07) is 1.77. The van der Waals surface area contributed by atoms with Crippen LogP contribution in [0.4, 0.5) is 0 Å². The van der Waals surface area contributed by atoms with Crippen molar-refractivity contribution in [1.82, 2.24) is 0 Å². The number of hydrogen-bond acceptors (Lipinski definition) is 4. The Morgan fingerprint density at radius 1 is 1.41 bits per heavy atom. The highest BCUT2D eigenvalue weighted by atomic mass is 79.9. The Labute approximate surface area is 112 Å². The molecule has 0 aliphatic carbocycles. The zero-order valence-electron chi connectivity index (χ0n) is 9.00. The minimum absolute atomic E-state index is 0.272. The predicted molar refractivity (Wildman–Crippen MR) is 68.3 cm³/mol. The van der Waals surface area contributed by atoms with Crippen molar-refractivity contribution in [2.75, 3.05) is 13.2 Å². The van der Waals surface area contributed by atoms with Gasteiger partial charge >= 0.3 is 0 Å². The molecule has 17 heavy (non-hydrogen) atoms. The molecule has 2 rings (SSSR count). The summed E-state index contributed by atoms with van der Waals surface area (Å²) >= 11 is 3.36. The summed E-state index contributed by atoms with van der Waals surface area (Å²) < 4.78 is 34.1. The van der Waals surface area contributed by atoms with Crippen LogP contribution in [0.25, 0.3) is 0 Å². The van der Waals surface area contributed by atoms with E-state index >= 15 is 0 Å². The number of hydrogen-bond donors (Lipinski definition) is 0. The molecule has 1 aliphatic rings. The number of ether oxygens (including phenoxy) is 2. The molecule has 1 aromatic rings. The maximum atomic E-state index is 11.2. The molecule has 0 fully saturated rings. The van der Waals surface area contributed by atoms with E-state index in [0.717, 1.165) is 10.0 Å². The summed E-state index contributed by atoms with van der Waals surface area (Å²) in [5.41, 5.74) is 1.34. The molecule has 0 saturated heterocycles. The van der Waals surface area contributed by atoms with Crippen molar-refractivity contribution in [2.45, 2.75) is 12.7 Å². The summed E-state index contributed by atoms with van der Waals surface area (Å²) in [7, 11) is 1.66. The topological polar surface area (TPSA) is 52.6 Å². The molecule has 94 valence electrons. The smallest absolute Gasteiger partial charge is 0.236 e. The first-order valence-corrected chi connectivity index (χ1v) is 8.15. The van der Waals surface area contributed by atoms with Crippen LogP contribution in [0.1, 0.15) is 11.1 Å². The van der Waals surface area contributed by atoms with E-state index < -0.39 is 9.05 Å². The lowest BCUT2D eigenvalue weighted by Gasteiger charge is -2.22. The highest BCUT2D eigenvalue weighted by Crippen LogP contribution is 2.40. The van der Waals surface area contributed by atoms with Gasteiger partial charge in [-0.1, -0.05) is 15.9 Å². The number of rotatable bonds is 2. The molecule has 0 aromatic heterocycles. The van der Waals surface area contributed by atoms with E-state index in [1.54, 1.807) is 13.0 Å². The lowest BCUT2D eigenvalue weighted by atomic mass is 10.1. The summed E-state index contributed by atoms with van der Waals surface area (Å²) in [6.07, 6.45) is 0. The fourth-order valence-corrected chi connectivity index (χ4v) is 3.13. The average molecular weight is 342 g/mol. The van der Waals surface area contributed by atoms with Crippen molar-refractivity contribution in [3.05, 3.63) is 21.7 Å². The van der Waals surface area contributed by atoms with E-state index in [1.165, 1.54) is 0 Å². The van der Waals surface area contributed by atoms with Crippen molar-refractivity contribution in [1.29, 1.82) is 0 Å². The van der Waals surface area contributed by atoms with Crippen LogP contribution in [-0.2, 0) is 14.8 Å². The van der Waals surface area contributed by atoms with Gasteiger partial charge in [-0.25, -0.2) is 8.42 Å². The van der Waals surface area contributed by atoms with Gasteiger partial charge in [0, 0.05) is 20.7 Å². The van der Waals surface area contributed by atoms with E-state index in [4.69, 9.17) is 20.2 Å². The van der Waals surface area contributed by atoms with Crippen LogP contribution in [0.2, 0.25) is 0 Å². The second kappa shape index (κ2) is 4.66. The summed E-state index contributed by atoms with van der Waals surface area (Å²) in [4.78, 5) is 0. The van der Waals surface area contributed by atoms with Crippen molar-refractivity contribution >= 4 is 35.7 Å². The normalized spacial score (nSPS) is 14.8. The zero-order chi connectivity index (χ0) is 12.6. The standard InChI is InChI=1S/C10H10BrClO4S/c1-6-7(5-17(12,13)14)10-9(4-8(6)11)15-2-3-16-10/h4H,2-3,5H2,1H3. The van der Waals surface area contributed by atoms with Gasteiger partial charge in [0.05, 0.1) is 5.75 Å². The summed E-state index contributed by atoms with van der Waals surface area (Å²) in [5, 5.41) is 0. The van der Waals surface area contributed by atoms with E-state index in [9.17, 15) is 8.42 Å². The van der Waals surface area contributed by atoms with Crippen LogP contribution in [0.15, 0.2) is 10.5 Å². The lowest BCUT2D eigenvalue weighted by Crippen LogP contribution is -2.17. The van der Waals surface area contributed by atoms with Gasteiger partial charge in [0.2, 0.25) is 9.05 Å². The van der Waals surface area contributed by atoms with E-state index in [-0.39, 0.29) is 5.75 Å². The second-order valence-corrected chi connectivity index (χ2v) is 7.30. The molecule has 0 N–H and O–H groups in total. The minimum Gasteiger partial charge on any atom is -0.486 e. The molecule has 1 heterocycles. The Kier molecular flexibility index (Phi) is 3.56. The van der Waals surface area contributed by atoms with Crippen LogP contribution in [-0.4, -0.2) is 21.6 Å². The molecular formula is C10H10BrClO4S. The monoisotopic (exact) mass is 340 g/mol. The SMILES string of the molecule is Cc1c(Br)cc2c(c1CS(=O)(=O)Cl)OCCO2. The van der Waals surface area contributed by atoms with Gasteiger partial charge in [0.25, 0.3) is 0 Å². The quantitative estimate of drug-likeness (QED) is 0.776. The molecule has 0 saturated carbocycles. The number of benzene rings is 1. The van der Waals surface area contributed by atoms with Gasteiger partial charge in [-0.05, 0) is 18.6 Å². The Bertz CT molecular complexity index is 556. The first-order chi connectivity index (χ1) is 7.88. The van der Waals surface area contributed by atoms with Crippen molar-refractivity contribution in [3.63, 3.8) is 0 Å². The Morgan fingerprint density at radius 3 is 2.71 bits per heavy atom. The number of halogens is 2. The van der Waals surface area contributed by atoms with Gasteiger partial charge in [-0.3, -0.25) is 0 Å². The third-order valence-electron chi connectivity index (χ3n) is 2.47. The van der Waals surface area contributed by atoms with Gasteiger partial charge in [-0.2, -0.15) is 0 Å². The van der Waals surface area contributed by atoms with Gasteiger partial charge in [0.15, 0.2) is 11.5 Å². The molecule has 0 radical (unpaired) electrons. The van der Waals surface area contributed by atoms with Crippen LogP contribution < -0.4 is 9.47 Å². The van der Waals surface area contributed by atoms with Crippen molar-refractivity contribution in [3.8, 4) is 11.5 Å². The van der Waals surface area contributed by atoms with Crippen LogP contribution >= 0.6 is 26.6 Å². The van der Waals surface area contributed by atoms with Crippen molar-refractivity contribution in [2.24, 2.45) is 0 Å². The molecule has 1 aliphatic heterocycles. The largest absolute Gasteiger partial charge is 0.486 e. The molecule has 0 bridgehead atoms. The molecular weight excluding hydrogens is 332 g/mol. The average Bonchev–Trinajstić information content (AvgIpc) is 2.23. The van der Waals surface area contributed by atoms with E-state index in [2.05, 4.69) is 15.9 Å². The Balaban J connectivity index is 2.58. The maximum Gasteiger partial charge on any atom is 0.236 e. The highest BCUT2D eigenvalue weighted by Gasteiger charge is 2.23. The fourth-order valence-electron chi connectivity index (χ4n) is 1.66. The van der Waals surface area contributed by atoms with E-state index in [0.29, 0.717) is 30.3 Å².